The summed E-state index contributed by atoms with van der Waals surface area (Å²) in [4.78, 5) is 18.6. The summed E-state index contributed by atoms with van der Waals surface area (Å²) in [5.74, 6) is -0.0544. The average Bonchev–Trinajstić information content (AvgIpc) is 3.09. The Morgan fingerprint density at radius 2 is 1.83 bits per heavy atom. The number of benzene rings is 2. The van der Waals surface area contributed by atoms with Crippen LogP contribution in [0.25, 0.3) is 22.0 Å². The Kier molecular flexibility index (Phi) is 5.43. The standard InChI is InChI=1S/C24H29N3O2/c1-17-20-15-19(18-7-5-4-6-8-18)9-10-21(20)26-22(17)23(28)25-16-24(2,3)27-11-13-29-14-12-27/h4-10,15,26H,11-14,16H2,1-3H3,(H,25,28). The van der Waals surface area contributed by atoms with Crippen LogP contribution in [0.1, 0.15) is 29.9 Å². The summed E-state index contributed by atoms with van der Waals surface area (Å²) in [7, 11) is 0. The van der Waals surface area contributed by atoms with Crippen LogP contribution in [0.5, 0.6) is 0 Å². The topological polar surface area (TPSA) is 57.4 Å². The van der Waals surface area contributed by atoms with Crippen molar-refractivity contribution in [2.75, 3.05) is 32.8 Å². The van der Waals surface area contributed by atoms with Gasteiger partial charge in [0.2, 0.25) is 0 Å². The molecule has 0 bridgehead atoms. The van der Waals surface area contributed by atoms with Crippen LogP contribution in [0, 0.1) is 6.92 Å². The molecular formula is C24H29N3O2. The lowest BCUT2D eigenvalue weighted by Gasteiger charge is -2.40. The summed E-state index contributed by atoms with van der Waals surface area (Å²) in [6, 6.07) is 16.6. The molecule has 0 atom stereocenters. The normalized spacial score (nSPS) is 15.6. The highest BCUT2D eigenvalue weighted by molar-refractivity contribution is 6.01. The largest absolute Gasteiger partial charge is 0.379 e. The Balaban J connectivity index is 1.52. The third kappa shape index (κ3) is 4.07. The van der Waals surface area contributed by atoms with Crippen LogP contribution in [-0.2, 0) is 4.74 Å². The summed E-state index contributed by atoms with van der Waals surface area (Å²) < 4.78 is 5.45. The van der Waals surface area contributed by atoms with Crippen LogP contribution in [0.15, 0.2) is 48.5 Å². The molecule has 4 rings (SSSR count). The lowest BCUT2D eigenvalue weighted by molar-refractivity contribution is -0.00924. The number of aromatic amines is 1. The van der Waals surface area contributed by atoms with Gasteiger partial charge >= 0.3 is 0 Å². The van der Waals surface area contributed by atoms with Crippen molar-refractivity contribution in [3.63, 3.8) is 0 Å². The van der Waals surface area contributed by atoms with E-state index in [1.54, 1.807) is 0 Å². The smallest absolute Gasteiger partial charge is 0.268 e. The molecule has 1 aliphatic heterocycles. The van der Waals surface area contributed by atoms with Crippen molar-refractivity contribution in [3.8, 4) is 11.1 Å². The summed E-state index contributed by atoms with van der Waals surface area (Å²) in [5.41, 5.74) is 4.83. The van der Waals surface area contributed by atoms with E-state index in [4.69, 9.17) is 4.74 Å². The zero-order valence-electron chi connectivity index (χ0n) is 17.4. The molecule has 29 heavy (non-hydrogen) atoms. The molecule has 1 saturated heterocycles. The van der Waals surface area contributed by atoms with Gasteiger partial charge in [-0.1, -0.05) is 36.4 Å². The predicted octanol–water partition coefficient (Wildman–Crippen LogP) is 3.98. The van der Waals surface area contributed by atoms with Crippen LogP contribution in [0.4, 0.5) is 0 Å². The summed E-state index contributed by atoms with van der Waals surface area (Å²) >= 11 is 0. The highest BCUT2D eigenvalue weighted by Gasteiger charge is 2.29. The first kappa shape index (κ1) is 19.7. The average molecular weight is 392 g/mol. The van der Waals surface area contributed by atoms with Gasteiger partial charge in [-0.3, -0.25) is 9.69 Å². The van der Waals surface area contributed by atoms with Gasteiger partial charge in [-0.05, 0) is 49.6 Å². The Hall–Kier alpha value is -2.63. The third-order valence-corrected chi connectivity index (χ3v) is 5.94. The summed E-state index contributed by atoms with van der Waals surface area (Å²) in [6.45, 7) is 10.2. The molecule has 3 aromatic rings. The van der Waals surface area contributed by atoms with E-state index in [0.29, 0.717) is 12.2 Å². The van der Waals surface area contributed by atoms with Crippen LogP contribution >= 0.6 is 0 Å². The van der Waals surface area contributed by atoms with Gasteiger partial charge in [0, 0.05) is 36.1 Å². The Labute approximate surface area is 172 Å². The van der Waals surface area contributed by atoms with Crippen LogP contribution in [-0.4, -0.2) is 54.2 Å². The lowest BCUT2D eigenvalue weighted by atomic mass is 10.0. The van der Waals surface area contributed by atoms with E-state index in [0.717, 1.165) is 48.3 Å². The zero-order chi connectivity index (χ0) is 20.4. The molecule has 2 aromatic carbocycles. The minimum atomic E-state index is -0.111. The number of H-pyrrole nitrogens is 1. The molecular weight excluding hydrogens is 362 g/mol. The monoisotopic (exact) mass is 391 g/mol. The minimum Gasteiger partial charge on any atom is -0.379 e. The first-order chi connectivity index (χ1) is 14.0. The highest BCUT2D eigenvalue weighted by atomic mass is 16.5. The molecule has 2 heterocycles. The number of hydrogen-bond donors (Lipinski definition) is 2. The molecule has 0 unspecified atom stereocenters. The van der Waals surface area contributed by atoms with Crippen molar-refractivity contribution >= 4 is 16.8 Å². The van der Waals surface area contributed by atoms with Gasteiger partial charge in [0.25, 0.3) is 5.91 Å². The fraction of sp³-hybridized carbons (Fsp3) is 0.375. The highest BCUT2D eigenvalue weighted by Crippen LogP contribution is 2.28. The molecule has 0 aliphatic carbocycles. The van der Waals surface area contributed by atoms with Gasteiger partial charge in [0.05, 0.1) is 13.2 Å². The number of fused-ring (bicyclic) bond motifs is 1. The molecule has 0 spiro atoms. The Morgan fingerprint density at radius 3 is 2.55 bits per heavy atom. The summed E-state index contributed by atoms with van der Waals surface area (Å²) in [6.07, 6.45) is 0. The van der Waals surface area contributed by atoms with Crippen molar-refractivity contribution in [1.29, 1.82) is 0 Å². The second-order valence-corrected chi connectivity index (χ2v) is 8.35. The maximum absolute atomic E-state index is 12.9. The third-order valence-electron chi connectivity index (χ3n) is 5.94. The number of carbonyl (C=O) groups is 1. The second kappa shape index (κ2) is 8.01. The fourth-order valence-corrected chi connectivity index (χ4v) is 4.03. The fourth-order valence-electron chi connectivity index (χ4n) is 4.03. The van der Waals surface area contributed by atoms with E-state index in [2.05, 4.69) is 59.4 Å². The number of ether oxygens (including phenoxy) is 1. The van der Waals surface area contributed by atoms with Gasteiger partial charge in [-0.25, -0.2) is 0 Å². The SMILES string of the molecule is Cc1c(C(=O)NCC(C)(C)N2CCOCC2)[nH]c2ccc(-c3ccccc3)cc12. The quantitative estimate of drug-likeness (QED) is 0.692. The second-order valence-electron chi connectivity index (χ2n) is 8.35. The number of nitrogens with one attached hydrogen (secondary N) is 2. The van der Waals surface area contributed by atoms with Gasteiger partial charge in [0.1, 0.15) is 5.69 Å². The number of amides is 1. The van der Waals surface area contributed by atoms with Gasteiger partial charge < -0.3 is 15.0 Å². The van der Waals surface area contributed by atoms with Crippen molar-refractivity contribution in [3.05, 3.63) is 59.8 Å². The van der Waals surface area contributed by atoms with E-state index in [-0.39, 0.29) is 11.4 Å². The van der Waals surface area contributed by atoms with Crippen LogP contribution < -0.4 is 5.32 Å². The Morgan fingerprint density at radius 1 is 1.10 bits per heavy atom. The van der Waals surface area contributed by atoms with Gasteiger partial charge in [0.15, 0.2) is 0 Å². The molecule has 0 radical (unpaired) electrons. The zero-order valence-corrected chi connectivity index (χ0v) is 17.4. The number of carbonyl (C=O) groups excluding carboxylic acids is 1. The summed E-state index contributed by atoms with van der Waals surface area (Å²) in [5, 5.41) is 4.22. The number of nitrogens with zero attached hydrogens (tertiary/aromatic N) is 1. The van der Waals surface area contributed by atoms with Gasteiger partial charge in [-0.15, -0.1) is 0 Å². The lowest BCUT2D eigenvalue weighted by Crippen LogP contribution is -2.55. The van der Waals surface area contributed by atoms with Crippen LogP contribution in [0.2, 0.25) is 0 Å². The molecule has 2 N–H and O–H groups in total. The molecule has 1 aromatic heterocycles. The maximum Gasteiger partial charge on any atom is 0.268 e. The van der Waals surface area contributed by atoms with E-state index < -0.39 is 0 Å². The Bertz CT molecular complexity index is 1000. The minimum absolute atomic E-state index is 0.0544. The number of morpholine rings is 1. The van der Waals surface area contributed by atoms with Crippen molar-refractivity contribution in [2.24, 2.45) is 0 Å². The first-order valence-corrected chi connectivity index (χ1v) is 10.2. The number of aryl methyl sites for hydroxylation is 1. The molecule has 5 heteroatoms. The van der Waals surface area contributed by atoms with E-state index in [9.17, 15) is 4.79 Å². The van der Waals surface area contributed by atoms with Crippen molar-refractivity contribution in [2.45, 2.75) is 26.3 Å². The van der Waals surface area contributed by atoms with E-state index >= 15 is 0 Å². The molecule has 0 saturated carbocycles. The van der Waals surface area contributed by atoms with Crippen molar-refractivity contribution < 1.29 is 9.53 Å². The molecule has 1 aliphatic rings. The number of hydrogen-bond acceptors (Lipinski definition) is 3. The predicted molar refractivity (Wildman–Crippen MR) is 117 cm³/mol. The molecule has 152 valence electrons. The first-order valence-electron chi connectivity index (χ1n) is 10.2. The molecule has 1 fully saturated rings. The number of rotatable bonds is 5. The van der Waals surface area contributed by atoms with E-state index in [1.807, 2.05) is 25.1 Å². The molecule has 5 nitrogen and oxygen atoms in total. The van der Waals surface area contributed by atoms with E-state index in [1.165, 1.54) is 5.56 Å². The molecule has 1 amide bonds. The van der Waals surface area contributed by atoms with Gasteiger partial charge in [-0.2, -0.15) is 0 Å². The van der Waals surface area contributed by atoms with Crippen LogP contribution in [0.3, 0.4) is 0 Å². The number of aromatic nitrogens is 1. The van der Waals surface area contributed by atoms with Crippen molar-refractivity contribution in [1.82, 2.24) is 15.2 Å². The maximum atomic E-state index is 12.9.